The van der Waals surface area contributed by atoms with Crippen molar-refractivity contribution in [3.05, 3.63) is 272 Å². The fraction of sp³-hybridized carbons (Fsp3) is 0.0423. The van der Waals surface area contributed by atoms with Crippen molar-refractivity contribution in [3.8, 4) is 50.2 Å². The first-order valence-electron chi connectivity index (χ1n) is 25.6. The highest BCUT2D eigenvalue weighted by Crippen LogP contribution is 2.46. The maximum Gasteiger partial charge on any atom is 0.0546 e. The van der Waals surface area contributed by atoms with E-state index >= 15 is 0 Å². The lowest BCUT2D eigenvalue weighted by molar-refractivity contribution is 0.724. The Kier molecular flexibility index (Phi) is 10.3. The van der Waals surface area contributed by atoms with Crippen molar-refractivity contribution in [3.63, 3.8) is 0 Å². The van der Waals surface area contributed by atoms with Crippen molar-refractivity contribution in [2.75, 3.05) is 4.90 Å². The molecule has 1 aliphatic rings. The van der Waals surface area contributed by atoms with E-state index in [4.69, 9.17) is 0 Å². The second-order valence-corrected chi connectivity index (χ2v) is 19.6. The molecule has 0 fully saturated rings. The molecule has 2 heteroatoms. The van der Waals surface area contributed by atoms with Crippen LogP contribution < -0.4 is 4.90 Å². The Morgan fingerprint density at radius 2 is 0.932 bits per heavy atom. The second-order valence-electron chi connectivity index (χ2n) is 19.6. The van der Waals surface area contributed by atoms with Crippen molar-refractivity contribution in [2.24, 2.45) is 0 Å². The standard InChI is InChI=1S/C71H50N2/c1-47-15-13-26-67-66-23-10-12-28-69(66)73(71(47)67)68-27-11-9-22-62(68)52-33-40-57(41-34-52)72(56-38-31-48(32-39-56)53-36-42-61-54(45-53)30-29-50-18-5-7-20-58(50)61)70-46-55(37-43-63(70)49-16-3-2-4-17-49)60-24-14-25-64-59-21-8-6-19-51(59)35-44-65(60)64/h2-14,16-47H,15H2,1H3. The lowest BCUT2D eigenvalue weighted by Gasteiger charge is -2.29. The van der Waals surface area contributed by atoms with Crippen LogP contribution in [0, 0.1) is 0 Å². The van der Waals surface area contributed by atoms with Gasteiger partial charge in [0.05, 0.1) is 16.9 Å². The van der Waals surface area contributed by atoms with E-state index < -0.39 is 0 Å². The third-order valence-electron chi connectivity index (χ3n) is 15.4. The van der Waals surface area contributed by atoms with E-state index in [0.717, 1.165) is 40.2 Å². The van der Waals surface area contributed by atoms with Crippen LogP contribution in [0.4, 0.5) is 17.1 Å². The molecule has 344 valence electrons. The molecule has 0 amide bonds. The normalized spacial score (nSPS) is 13.3. The second kappa shape index (κ2) is 17.6. The number of para-hydroxylation sites is 2. The predicted molar refractivity (Wildman–Crippen MR) is 312 cm³/mol. The molecule has 0 N–H and O–H groups in total. The van der Waals surface area contributed by atoms with Gasteiger partial charge in [0.2, 0.25) is 0 Å². The third kappa shape index (κ3) is 7.25. The van der Waals surface area contributed by atoms with Crippen LogP contribution in [0.3, 0.4) is 0 Å². The average Bonchev–Trinajstić information content (AvgIpc) is 3.81. The summed E-state index contributed by atoms with van der Waals surface area (Å²) in [5, 5.41) is 11.4. The first kappa shape index (κ1) is 42.6. The fourth-order valence-corrected chi connectivity index (χ4v) is 11.9. The van der Waals surface area contributed by atoms with Gasteiger partial charge in [-0.05, 0) is 131 Å². The maximum atomic E-state index is 2.53. The molecule has 1 atom stereocenters. The molecule has 2 nitrogen and oxygen atoms in total. The summed E-state index contributed by atoms with van der Waals surface area (Å²) >= 11 is 0. The summed E-state index contributed by atoms with van der Waals surface area (Å²) in [5.41, 5.74) is 17.9. The molecule has 0 spiro atoms. The van der Waals surface area contributed by atoms with Crippen LogP contribution in [0.2, 0.25) is 0 Å². The smallest absolute Gasteiger partial charge is 0.0546 e. The zero-order chi connectivity index (χ0) is 48.4. The Morgan fingerprint density at radius 3 is 1.73 bits per heavy atom. The van der Waals surface area contributed by atoms with Gasteiger partial charge >= 0.3 is 0 Å². The molecule has 73 heavy (non-hydrogen) atoms. The van der Waals surface area contributed by atoms with Crippen molar-refractivity contribution < 1.29 is 0 Å². The summed E-state index contributed by atoms with van der Waals surface area (Å²) in [5.74, 6) is 0.396. The highest BCUT2D eigenvalue weighted by molar-refractivity contribution is 6.13. The summed E-state index contributed by atoms with van der Waals surface area (Å²) in [4.78, 5) is 2.46. The van der Waals surface area contributed by atoms with Crippen molar-refractivity contribution in [1.29, 1.82) is 0 Å². The highest BCUT2D eigenvalue weighted by Gasteiger charge is 2.25. The van der Waals surface area contributed by atoms with Crippen molar-refractivity contribution >= 4 is 77.1 Å². The Balaban J connectivity index is 0.939. The minimum atomic E-state index is 0.396. The van der Waals surface area contributed by atoms with Crippen LogP contribution in [0.1, 0.15) is 30.5 Å². The Labute approximate surface area is 426 Å². The zero-order valence-electron chi connectivity index (χ0n) is 40.6. The Morgan fingerprint density at radius 1 is 0.370 bits per heavy atom. The summed E-state index contributed by atoms with van der Waals surface area (Å²) < 4.78 is 2.53. The van der Waals surface area contributed by atoms with E-state index in [1.54, 1.807) is 0 Å². The van der Waals surface area contributed by atoms with Gasteiger partial charge in [0.15, 0.2) is 0 Å². The predicted octanol–water partition coefficient (Wildman–Crippen LogP) is 19.9. The number of allylic oxidation sites excluding steroid dienone is 1. The molecule has 12 aromatic carbocycles. The molecule has 1 aromatic heterocycles. The molecule has 0 saturated carbocycles. The van der Waals surface area contributed by atoms with E-state index in [2.05, 4.69) is 283 Å². The van der Waals surface area contributed by atoms with Gasteiger partial charge in [-0.15, -0.1) is 0 Å². The highest BCUT2D eigenvalue weighted by atomic mass is 15.1. The molecular weight excluding hydrogens is 881 g/mol. The quantitative estimate of drug-likeness (QED) is 0.138. The van der Waals surface area contributed by atoms with Gasteiger partial charge in [-0.3, -0.25) is 0 Å². The minimum absolute atomic E-state index is 0.396. The van der Waals surface area contributed by atoms with E-state index in [1.165, 1.54) is 98.8 Å². The zero-order valence-corrected chi connectivity index (χ0v) is 40.6. The molecule has 0 saturated heterocycles. The van der Waals surface area contributed by atoms with Crippen LogP contribution in [0.5, 0.6) is 0 Å². The Bertz CT molecular complexity index is 4290. The van der Waals surface area contributed by atoms with Crippen LogP contribution in [-0.4, -0.2) is 4.57 Å². The average molecular weight is 931 g/mol. The summed E-state index contributed by atoms with van der Waals surface area (Å²) in [6.07, 6.45) is 5.69. The number of fused-ring (bicyclic) bond motifs is 9. The van der Waals surface area contributed by atoms with Gasteiger partial charge in [0.25, 0.3) is 0 Å². The number of hydrogen-bond donors (Lipinski definition) is 0. The fourth-order valence-electron chi connectivity index (χ4n) is 11.9. The van der Waals surface area contributed by atoms with E-state index in [1.807, 2.05) is 0 Å². The molecule has 1 unspecified atom stereocenters. The van der Waals surface area contributed by atoms with Crippen LogP contribution in [0.15, 0.2) is 261 Å². The lowest BCUT2D eigenvalue weighted by atomic mass is 9.92. The summed E-state index contributed by atoms with van der Waals surface area (Å²) in [6.45, 7) is 2.36. The molecule has 1 heterocycles. The molecule has 0 radical (unpaired) electrons. The van der Waals surface area contributed by atoms with Crippen LogP contribution >= 0.6 is 0 Å². The number of aromatic nitrogens is 1. The molecule has 13 aromatic rings. The monoisotopic (exact) mass is 930 g/mol. The Hall–Kier alpha value is -9.24. The minimum Gasteiger partial charge on any atom is -0.312 e. The van der Waals surface area contributed by atoms with Gasteiger partial charge in [0, 0.05) is 45.1 Å². The van der Waals surface area contributed by atoms with Crippen molar-refractivity contribution in [2.45, 2.75) is 19.3 Å². The van der Waals surface area contributed by atoms with Gasteiger partial charge in [-0.2, -0.15) is 0 Å². The van der Waals surface area contributed by atoms with E-state index in [0.29, 0.717) is 5.92 Å². The van der Waals surface area contributed by atoms with E-state index in [9.17, 15) is 0 Å². The molecule has 14 rings (SSSR count). The number of rotatable bonds is 8. The van der Waals surface area contributed by atoms with E-state index in [-0.39, 0.29) is 0 Å². The van der Waals surface area contributed by atoms with Gasteiger partial charge < -0.3 is 9.47 Å². The number of nitrogens with zero attached hydrogens (tertiary/aromatic N) is 2. The van der Waals surface area contributed by atoms with Crippen LogP contribution in [-0.2, 0) is 0 Å². The van der Waals surface area contributed by atoms with Crippen molar-refractivity contribution in [1.82, 2.24) is 4.57 Å². The summed E-state index contributed by atoms with van der Waals surface area (Å²) in [7, 11) is 0. The topological polar surface area (TPSA) is 8.17 Å². The number of benzene rings is 12. The molecule has 0 bridgehead atoms. The number of hydrogen-bond acceptors (Lipinski definition) is 1. The van der Waals surface area contributed by atoms with Gasteiger partial charge in [-0.1, -0.05) is 225 Å². The number of anilines is 3. The first-order chi connectivity index (χ1) is 36.1. The third-order valence-corrected chi connectivity index (χ3v) is 15.4. The first-order valence-corrected chi connectivity index (χ1v) is 25.6. The summed E-state index contributed by atoms with van der Waals surface area (Å²) in [6, 6.07) is 94.2. The van der Waals surface area contributed by atoms with Crippen LogP contribution in [0.25, 0.3) is 110 Å². The SMILES string of the molecule is CC1CC=Cc2c1n(-c1ccccc1-c1ccc(N(c3ccc(-c4ccc5c(ccc6ccccc65)c4)cc3)c3cc(-c4cccc5c4ccc4ccccc45)ccc3-c3ccccc3)cc1)c1ccccc21. The lowest BCUT2D eigenvalue weighted by Crippen LogP contribution is -2.11. The molecule has 1 aliphatic carbocycles. The van der Waals surface area contributed by atoms with Gasteiger partial charge in [-0.25, -0.2) is 0 Å². The maximum absolute atomic E-state index is 2.53. The molecular formula is C71H50N2. The van der Waals surface area contributed by atoms with Gasteiger partial charge in [0.1, 0.15) is 0 Å². The largest absolute Gasteiger partial charge is 0.312 e. The molecule has 0 aliphatic heterocycles.